The van der Waals surface area contributed by atoms with Gasteiger partial charge in [0, 0.05) is 0 Å². The Hall–Kier alpha value is -1.71. The highest BCUT2D eigenvalue weighted by Crippen LogP contribution is 2.29. The fourth-order valence-corrected chi connectivity index (χ4v) is 2.01. The first-order valence-corrected chi connectivity index (χ1v) is 6.16. The van der Waals surface area contributed by atoms with Crippen LogP contribution in [-0.2, 0) is 0 Å². The fourth-order valence-electron chi connectivity index (χ4n) is 1.81. The maximum atomic E-state index is 9.11. The van der Waals surface area contributed by atoms with Crippen LogP contribution < -0.4 is 4.74 Å². The van der Waals surface area contributed by atoms with Crippen LogP contribution in [0.5, 0.6) is 5.75 Å². The van der Waals surface area contributed by atoms with Crippen molar-refractivity contribution in [3.8, 4) is 17.9 Å². The number of hydrogen-bond acceptors (Lipinski definition) is 3. The van der Waals surface area contributed by atoms with Crippen LogP contribution in [0, 0.1) is 28.6 Å². The predicted molar refractivity (Wildman–Crippen MR) is 70.4 cm³/mol. The molecule has 0 saturated carbocycles. The topological polar surface area (TPSA) is 56.8 Å². The van der Waals surface area contributed by atoms with Gasteiger partial charge >= 0.3 is 0 Å². The third-order valence-electron chi connectivity index (χ3n) is 2.47. The number of benzene rings is 1. The number of nitrogens with zero attached hydrogens (tertiary/aromatic N) is 2. The Morgan fingerprint density at radius 3 is 2.28 bits per heavy atom. The summed E-state index contributed by atoms with van der Waals surface area (Å²) in [5, 5.41) is 18.4. The van der Waals surface area contributed by atoms with Crippen molar-refractivity contribution < 1.29 is 4.74 Å². The lowest BCUT2D eigenvalue weighted by Gasteiger charge is -2.18. The van der Waals surface area contributed by atoms with Crippen LogP contribution in [0.15, 0.2) is 12.1 Å². The van der Waals surface area contributed by atoms with Crippen molar-refractivity contribution in [1.29, 1.82) is 10.5 Å². The summed E-state index contributed by atoms with van der Waals surface area (Å²) < 4.78 is 5.71. The van der Waals surface area contributed by atoms with E-state index in [9.17, 15) is 0 Å². The summed E-state index contributed by atoms with van der Waals surface area (Å²) in [5.41, 5.74) is 0.383. The first-order chi connectivity index (χ1) is 8.49. The SMILES string of the molecule is CC(C)CC(C)Oc1ccc(Cl)c(C#N)c1C#N. The van der Waals surface area contributed by atoms with Gasteiger partial charge in [-0.25, -0.2) is 0 Å². The molecule has 0 radical (unpaired) electrons. The predicted octanol–water partition coefficient (Wildman–Crippen LogP) is 3.90. The summed E-state index contributed by atoms with van der Waals surface area (Å²) in [6, 6.07) is 7.14. The zero-order valence-electron chi connectivity index (χ0n) is 10.7. The molecule has 0 aliphatic heterocycles. The second-order valence-electron chi connectivity index (χ2n) is 4.58. The first kappa shape index (κ1) is 14.4. The van der Waals surface area contributed by atoms with E-state index < -0.39 is 0 Å². The van der Waals surface area contributed by atoms with Crippen LogP contribution in [0.4, 0.5) is 0 Å². The first-order valence-electron chi connectivity index (χ1n) is 5.79. The van der Waals surface area contributed by atoms with E-state index in [1.54, 1.807) is 12.1 Å². The number of nitriles is 2. The maximum Gasteiger partial charge on any atom is 0.138 e. The molecule has 1 rings (SSSR count). The van der Waals surface area contributed by atoms with Crippen molar-refractivity contribution in [2.75, 3.05) is 0 Å². The van der Waals surface area contributed by atoms with Gasteiger partial charge in [0.1, 0.15) is 23.5 Å². The van der Waals surface area contributed by atoms with Gasteiger partial charge in [-0.15, -0.1) is 0 Å². The van der Waals surface area contributed by atoms with E-state index >= 15 is 0 Å². The minimum Gasteiger partial charge on any atom is -0.489 e. The average Bonchev–Trinajstić information content (AvgIpc) is 2.29. The molecule has 1 aromatic carbocycles. The van der Waals surface area contributed by atoms with E-state index in [0.717, 1.165) is 6.42 Å². The van der Waals surface area contributed by atoms with E-state index in [1.165, 1.54) is 0 Å². The third-order valence-corrected chi connectivity index (χ3v) is 2.79. The zero-order chi connectivity index (χ0) is 13.7. The third kappa shape index (κ3) is 3.39. The minimum absolute atomic E-state index is 0.00943. The summed E-state index contributed by atoms with van der Waals surface area (Å²) in [4.78, 5) is 0. The van der Waals surface area contributed by atoms with E-state index in [2.05, 4.69) is 13.8 Å². The molecule has 0 aliphatic rings. The van der Waals surface area contributed by atoms with Gasteiger partial charge in [0.05, 0.1) is 16.7 Å². The molecule has 0 heterocycles. The van der Waals surface area contributed by atoms with Crippen molar-refractivity contribution in [2.45, 2.75) is 33.3 Å². The van der Waals surface area contributed by atoms with Gasteiger partial charge in [-0.05, 0) is 31.4 Å². The normalized spacial score (nSPS) is 11.7. The van der Waals surface area contributed by atoms with Gasteiger partial charge in [-0.1, -0.05) is 25.4 Å². The van der Waals surface area contributed by atoms with Gasteiger partial charge in [0.25, 0.3) is 0 Å². The molecule has 3 nitrogen and oxygen atoms in total. The summed E-state index contributed by atoms with van der Waals surface area (Å²) in [5.74, 6) is 0.930. The van der Waals surface area contributed by atoms with E-state index in [4.69, 9.17) is 26.9 Å². The molecule has 94 valence electrons. The van der Waals surface area contributed by atoms with Gasteiger partial charge in [0.15, 0.2) is 0 Å². The number of rotatable bonds is 4. The van der Waals surface area contributed by atoms with E-state index in [-0.39, 0.29) is 22.3 Å². The smallest absolute Gasteiger partial charge is 0.138 e. The molecule has 4 heteroatoms. The molecule has 0 amide bonds. The lowest BCUT2D eigenvalue weighted by atomic mass is 10.1. The molecular weight excluding hydrogens is 248 g/mol. The molecule has 0 aromatic heterocycles. The lowest BCUT2D eigenvalue weighted by molar-refractivity contribution is 0.192. The Labute approximate surface area is 113 Å². The summed E-state index contributed by atoms with van der Waals surface area (Å²) in [7, 11) is 0. The van der Waals surface area contributed by atoms with Crippen LogP contribution in [0.1, 0.15) is 38.3 Å². The Morgan fingerprint density at radius 1 is 1.17 bits per heavy atom. The van der Waals surface area contributed by atoms with Gasteiger partial charge in [-0.3, -0.25) is 0 Å². The van der Waals surface area contributed by atoms with E-state index in [0.29, 0.717) is 11.7 Å². The quantitative estimate of drug-likeness (QED) is 0.827. The van der Waals surface area contributed by atoms with Crippen molar-refractivity contribution in [2.24, 2.45) is 5.92 Å². The molecular formula is C14H15ClN2O. The molecule has 1 unspecified atom stereocenters. The Bertz CT molecular complexity index is 512. The lowest BCUT2D eigenvalue weighted by Crippen LogP contribution is -2.15. The minimum atomic E-state index is -0.00943. The molecule has 1 aromatic rings. The standard InChI is InChI=1S/C14H15ClN2O/c1-9(2)6-10(3)18-14-5-4-13(15)11(7-16)12(14)8-17/h4-5,9-10H,6H2,1-3H3. The summed E-state index contributed by atoms with van der Waals surface area (Å²) >= 11 is 5.87. The molecule has 1 atom stereocenters. The number of halogens is 1. The summed E-state index contributed by atoms with van der Waals surface area (Å²) in [6.45, 7) is 6.16. The number of ether oxygens (including phenoxy) is 1. The van der Waals surface area contributed by atoms with E-state index in [1.807, 2.05) is 19.1 Å². The van der Waals surface area contributed by atoms with Crippen molar-refractivity contribution in [3.63, 3.8) is 0 Å². The Balaban J connectivity index is 3.05. The van der Waals surface area contributed by atoms with Gasteiger partial charge in [0.2, 0.25) is 0 Å². The molecule has 0 fully saturated rings. The summed E-state index contributed by atoms with van der Waals surface area (Å²) in [6.07, 6.45) is 0.875. The highest BCUT2D eigenvalue weighted by molar-refractivity contribution is 6.32. The molecule has 18 heavy (non-hydrogen) atoms. The Kier molecular flexibility index (Phi) is 5.01. The van der Waals surface area contributed by atoms with Crippen LogP contribution >= 0.6 is 11.6 Å². The van der Waals surface area contributed by atoms with Crippen molar-refractivity contribution in [1.82, 2.24) is 0 Å². The second-order valence-corrected chi connectivity index (χ2v) is 4.98. The highest BCUT2D eigenvalue weighted by atomic mass is 35.5. The van der Waals surface area contributed by atoms with Crippen LogP contribution in [0.2, 0.25) is 5.02 Å². The molecule has 0 aliphatic carbocycles. The Morgan fingerprint density at radius 2 is 1.78 bits per heavy atom. The van der Waals surface area contributed by atoms with Gasteiger partial charge < -0.3 is 4.74 Å². The molecule has 0 bridgehead atoms. The molecule has 0 N–H and O–H groups in total. The monoisotopic (exact) mass is 262 g/mol. The van der Waals surface area contributed by atoms with Crippen LogP contribution in [0.3, 0.4) is 0 Å². The zero-order valence-corrected chi connectivity index (χ0v) is 11.5. The van der Waals surface area contributed by atoms with Crippen molar-refractivity contribution in [3.05, 3.63) is 28.3 Å². The largest absolute Gasteiger partial charge is 0.489 e. The highest BCUT2D eigenvalue weighted by Gasteiger charge is 2.15. The maximum absolute atomic E-state index is 9.11. The molecule has 0 spiro atoms. The second kappa shape index (κ2) is 6.28. The number of hydrogen-bond donors (Lipinski definition) is 0. The molecule has 0 saturated heterocycles. The van der Waals surface area contributed by atoms with Crippen LogP contribution in [0.25, 0.3) is 0 Å². The average molecular weight is 263 g/mol. The van der Waals surface area contributed by atoms with Gasteiger partial charge in [-0.2, -0.15) is 10.5 Å². The van der Waals surface area contributed by atoms with Crippen molar-refractivity contribution >= 4 is 11.6 Å². The van der Waals surface area contributed by atoms with Crippen LogP contribution in [-0.4, -0.2) is 6.10 Å². The fraction of sp³-hybridized carbons (Fsp3) is 0.429.